The minimum atomic E-state index is -3.91. The Bertz CT molecular complexity index is 1370. The van der Waals surface area contributed by atoms with E-state index in [4.69, 9.17) is 0 Å². The zero-order valence-corrected chi connectivity index (χ0v) is 20.5. The van der Waals surface area contributed by atoms with E-state index < -0.39 is 33.0 Å². The molecule has 3 aromatic carbocycles. The van der Waals surface area contributed by atoms with Crippen molar-refractivity contribution < 1.29 is 23.2 Å². The maximum absolute atomic E-state index is 13.1. The number of anilines is 1. The van der Waals surface area contributed by atoms with E-state index in [1.165, 1.54) is 24.3 Å². The molecule has 3 N–H and O–H groups in total. The van der Waals surface area contributed by atoms with Gasteiger partial charge in [0.05, 0.1) is 22.0 Å². The molecule has 10 heteroatoms. The van der Waals surface area contributed by atoms with Crippen LogP contribution in [0.25, 0.3) is 0 Å². The average Bonchev–Trinajstić information content (AvgIpc) is 2.86. The van der Waals surface area contributed by atoms with Gasteiger partial charge < -0.3 is 10.4 Å². The number of rotatable bonds is 8. The number of non-ortho nitro benzene ring substituents is 1. The summed E-state index contributed by atoms with van der Waals surface area (Å²) in [6.45, 7) is 2.05. The molecule has 1 aliphatic rings. The van der Waals surface area contributed by atoms with Gasteiger partial charge in [0.25, 0.3) is 11.6 Å². The van der Waals surface area contributed by atoms with Crippen molar-refractivity contribution in [3.63, 3.8) is 0 Å². The molecule has 9 nitrogen and oxygen atoms in total. The van der Waals surface area contributed by atoms with Crippen LogP contribution in [0.3, 0.4) is 0 Å². The van der Waals surface area contributed by atoms with Crippen molar-refractivity contribution in [1.29, 1.82) is 0 Å². The van der Waals surface area contributed by atoms with Gasteiger partial charge in [0.2, 0.25) is 10.0 Å². The van der Waals surface area contributed by atoms with Gasteiger partial charge in [0.15, 0.2) is 0 Å². The number of hydrogen-bond acceptors (Lipinski definition) is 6. The maximum atomic E-state index is 13.1. The molecule has 0 fully saturated rings. The summed E-state index contributed by atoms with van der Waals surface area (Å²) in [5, 5.41) is 24.3. The van der Waals surface area contributed by atoms with Gasteiger partial charge in [-0.05, 0) is 72.4 Å². The van der Waals surface area contributed by atoms with Crippen molar-refractivity contribution in [3.8, 4) is 0 Å². The lowest BCUT2D eigenvalue weighted by Crippen LogP contribution is -2.39. The first-order chi connectivity index (χ1) is 17.2. The second-order valence-electron chi connectivity index (χ2n) is 8.77. The number of nitro groups is 1. The number of carbonyl (C=O) groups is 1. The number of nitrogens with one attached hydrogen (secondary N) is 2. The number of hydrogen-bond donors (Lipinski definition) is 3. The van der Waals surface area contributed by atoms with Gasteiger partial charge in [0, 0.05) is 23.4 Å². The predicted molar refractivity (Wildman–Crippen MR) is 135 cm³/mol. The third-order valence-corrected chi connectivity index (χ3v) is 7.68. The Labute approximate surface area is 209 Å². The highest BCUT2D eigenvalue weighted by Crippen LogP contribution is 2.33. The Balaban J connectivity index is 1.56. The first kappa shape index (κ1) is 25.5. The number of carbonyl (C=O) groups excluding carboxylic acids is 1. The Morgan fingerprint density at radius 2 is 1.78 bits per heavy atom. The van der Waals surface area contributed by atoms with E-state index in [-0.39, 0.29) is 16.1 Å². The molecule has 4 rings (SSSR count). The topological polar surface area (TPSA) is 139 Å². The van der Waals surface area contributed by atoms with Gasteiger partial charge in [-0.3, -0.25) is 14.9 Å². The fraction of sp³-hybridized carbons (Fsp3) is 0.269. The number of aliphatic hydroxyl groups is 1. The van der Waals surface area contributed by atoms with Gasteiger partial charge in [0.1, 0.15) is 0 Å². The van der Waals surface area contributed by atoms with Crippen molar-refractivity contribution in [3.05, 3.63) is 99.1 Å². The summed E-state index contributed by atoms with van der Waals surface area (Å²) in [6.07, 6.45) is 1.84. The van der Waals surface area contributed by atoms with E-state index in [1.54, 1.807) is 42.5 Å². The van der Waals surface area contributed by atoms with Crippen LogP contribution in [0.4, 0.5) is 11.4 Å². The maximum Gasteiger partial charge on any atom is 0.269 e. The lowest BCUT2D eigenvalue weighted by atomic mass is 9.86. The van der Waals surface area contributed by atoms with E-state index in [0.717, 1.165) is 24.0 Å². The SMILES string of the molecule is CCCc1ccc(S(=O)(=O)NC2c3cc(NC(=O)c4ccc([N+](=O)[O-])cc4)ccc3CCC2O)cc1. The number of benzene rings is 3. The second-order valence-corrected chi connectivity index (χ2v) is 10.5. The highest BCUT2D eigenvalue weighted by Gasteiger charge is 2.32. The van der Waals surface area contributed by atoms with Crippen LogP contribution in [0.15, 0.2) is 71.6 Å². The zero-order valence-electron chi connectivity index (χ0n) is 19.7. The summed E-state index contributed by atoms with van der Waals surface area (Å²) in [6, 6.07) is 16.2. The highest BCUT2D eigenvalue weighted by molar-refractivity contribution is 7.89. The van der Waals surface area contributed by atoms with Gasteiger partial charge in [-0.2, -0.15) is 0 Å². The van der Waals surface area contributed by atoms with Gasteiger partial charge in [-0.25, -0.2) is 13.1 Å². The quantitative estimate of drug-likeness (QED) is 0.308. The van der Waals surface area contributed by atoms with Crippen LogP contribution >= 0.6 is 0 Å². The largest absolute Gasteiger partial charge is 0.391 e. The first-order valence-corrected chi connectivity index (χ1v) is 13.1. The number of nitrogens with zero attached hydrogens (tertiary/aromatic N) is 1. The number of aliphatic hydroxyl groups excluding tert-OH is 1. The molecule has 188 valence electrons. The molecule has 1 aliphatic carbocycles. The van der Waals surface area contributed by atoms with E-state index in [1.807, 2.05) is 0 Å². The van der Waals surface area contributed by atoms with Crippen LogP contribution in [-0.4, -0.2) is 30.5 Å². The molecular weight excluding hydrogens is 482 g/mol. The smallest absolute Gasteiger partial charge is 0.269 e. The van der Waals surface area contributed by atoms with Crippen LogP contribution in [0.5, 0.6) is 0 Å². The summed E-state index contributed by atoms with van der Waals surface area (Å²) in [4.78, 5) is 23.1. The van der Waals surface area contributed by atoms with E-state index in [2.05, 4.69) is 17.0 Å². The molecule has 0 heterocycles. The van der Waals surface area contributed by atoms with Crippen LogP contribution < -0.4 is 10.0 Å². The second kappa shape index (κ2) is 10.6. The summed E-state index contributed by atoms with van der Waals surface area (Å²) < 4.78 is 28.9. The molecule has 36 heavy (non-hydrogen) atoms. The van der Waals surface area contributed by atoms with Crippen molar-refractivity contribution in [2.75, 3.05) is 5.32 Å². The third kappa shape index (κ3) is 5.62. The van der Waals surface area contributed by atoms with Crippen LogP contribution in [0.1, 0.15) is 52.9 Å². The Kier molecular flexibility index (Phi) is 7.48. The molecular formula is C26H27N3O6S. The number of nitro benzene ring substituents is 1. The third-order valence-electron chi connectivity index (χ3n) is 6.23. The molecule has 2 unspecified atom stereocenters. The Morgan fingerprint density at radius 3 is 2.42 bits per heavy atom. The fourth-order valence-corrected chi connectivity index (χ4v) is 5.55. The molecule has 2 atom stereocenters. The molecule has 3 aromatic rings. The predicted octanol–water partition coefficient (Wildman–Crippen LogP) is 4.13. The van der Waals surface area contributed by atoms with E-state index >= 15 is 0 Å². The van der Waals surface area contributed by atoms with Crippen LogP contribution in [-0.2, 0) is 22.9 Å². The molecule has 0 aliphatic heterocycles. The van der Waals surface area contributed by atoms with Gasteiger partial charge >= 0.3 is 0 Å². The summed E-state index contributed by atoms with van der Waals surface area (Å²) in [7, 11) is -3.91. The zero-order chi connectivity index (χ0) is 25.9. The lowest BCUT2D eigenvalue weighted by Gasteiger charge is -2.31. The van der Waals surface area contributed by atoms with E-state index in [9.17, 15) is 28.4 Å². The Morgan fingerprint density at radius 1 is 1.08 bits per heavy atom. The first-order valence-electron chi connectivity index (χ1n) is 11.7. The Hall–Kier alpha value is -3.60. The molecule has 1 amide bonds. The number of sulfonamides is 1. The molecule has 0 spiro atoms. The van der Waals surface area contributed by atoms with E-state index in [0.29, 0.717) is 24.1 Å². The van der Waals surface area contributed by atoms with Crippen molar-refractivity contribution in [2.24, 2.45) is 0 Å². The standard InChI is InChI=1S/C26H27N3O6S/c1-2-3-17-4-13-22(14-5-17)36(34,35)28-25-23-16-20(10-6-18(23)9-15-24(25)30)27-26(31)19-7-11-21(12-8-19)29(32)33/h4-8,10-14,16,24-25,28,30H,2-3,9,15H2,1H3,(H,27,31). The van der Waals surface area contributed by atoms with Crippen LogP contribution in [0.2, 0.25) is 0 Å². The van der Waals surface area contributed by atoms with Crippen LogP contribution in [0, 0.1) is 10.1 Å². The summed E-state index contributed by atoms with van der Waals surface area (Å²) in [5.74, 6) is -0.467. The molecule has 0 radical (unpaired) electrons. The molecule has 0 saturated heterocycles. The minimum Gasteiger partial charge on any atom is -0.391 e. The van der Waals surface area contributed by atoms with Crippen molar-refractivity contribution in [1.82, 2.24) is 4.72 Å². The summed E-state index contributed by atoms with van der Waals surface area (Å²) in [5.41, 5.74) is 3.04. The van der Waals surface area contributed by atoms with Crippen molar-refractivity contribution >= 4 is 27.3 Å². The van der Waals surface area contributed by atoms with Gasteiger partial charge in [-0.15, -0.1) is 0 Å². The summed E-state index contributed by atoms with van der Waals surface area (Å²) >= 11 is 0. The number of fused-ring (bicyclic) bond motifs is 1. The molecule has 0 aromatic heterocycles. The molecule has 0 saturated carbocycles. The lowest BCUT2D eigenvalue weighted by molar-refractivity contribution is -0.384. The monoisotopic (exact) mass is 509 g/mol. The normalized spacial score (nSPS) is 17.3. The minimum absolute atomic E-state index is 0.115. The average molecular weight is 510 g/mol. The fourth-order valence-electron chi connectivity index (χ4n) is 4.31. The number of amides is 1. The number of aryl methyl sites for hydroxylation is 2. The highest BCUT2D eigenvalue weighted by atomic mass is 32.2. The molecule has 0 bridgehead atoms. The van der Waals surface area contributed by atoms with Gasteiger partial charge in [-0.1, -0.05) is 31.5 Å². The van der Waals surface area contributed by atoms with Crippen molar-refractivity contribution in [2.45, 2.75) is 49.6 Å².